The van der Waals surface area contributed by atoms with E-state index in [1.807, 2.05) is 0 Å². The van der Waals surface area contributed by atoms with E-state index in [4.69, 9.17) is 0 Å². The zero-order valence-corrected chi connectivity index (χ0v) is 12.3. The van der Waals surface area contributed by atoms with Crippen molar-refractivity contribution in [1.82, 2.24) is 15.1 Å². The Bertz CT molecular complexity index is 216. The van der Waals surface area contributed by atoms with E-state index >= 15 is 0 Å². The van der Waals surface area contributed by atoms with Crippen LogP contribution in [0.2, 0.25) is 0 Å². The van der Waals surface area contributed by atoms with E-state index in [2.05, 4.69) is 29.0 Å². The minimum atomic E-state index is 0.722. The maximum Gasteiger partial charge on any atom is 0.0107 e. The van der Waals surface area contributed by atoms with E-state index in [1.54, 1.807) is 0 Å². The summed E-state index contributed by atoms with van der Waals surface area (Å²) >= 11 is 0. The first-order valence-electron chi connectivity index (χ1n) is 7.95. The molecule has 0 aliphatic carbocycles. The van der Waals surface area contributed by atoms with Gasteiger partial charge in [-0.2, -0.15) is 0 Å². The van der Waals surface area contributed by atoms with Crippen LogP contribution in [-0.4, -0.2) is 61.2 Å². The first kappa shape index (κ1) is 14.3. The lowest BCUT2D eigenvalue weighted by molar-refractivity contribution is 0.157. The Hall–Kier alpha value is -0.120. The van der Waals surface area contributed by atoms with Crippen molar-refractivity contribution in [2.24, 2.45) is 0 Å². The molecule has 3 nitrogen and oxygen atoms in total. The summed E-state index contributed by atoms with van der Waals surface area (Å²) in [4.78, 5) is 5.22. The lowest BCUT2D eigenvalue weighted by Gasteiger charge is -2.35. The van der Waals surface area contributed by atoms with Gasteiger partial charge in [0.15, 0.2) is 0 Å². The van der Waals surface area contributed by atoms with E-state index in [1.165, 1.54) is 71.4 Å². The Morgan fingerprint density at radius 3 is 2.28 bits per heavy atom. The standard InChI is InChI=1S/C15H31N3/c1-14(2)18-11-6-15(7-12-18)16-8-13-17-9-4-3-5-10-17/h14-16H,3-13H2,1-2H3. The van der Waals surface area contributed by atoms with Crippen LogP contribution >= 0.6 is 0 Å². The maximum atomic E-state index is 3.76. The van der Waals surface area contributed by atoms with Gasteiger partial charge in [0.1, 0.15) is 0 Å². The van der Waals surface area contributed by atoms with Crippen molar-refractivity contribution in [2.75, 3.05) is 39.3 Å². The predicted molar refractivity (Wildman–Crippen MR) is 78.0 cm³/mol. The lowest BCUT2D eigenvalue weighted by Crippen LogP contribution is -2.46. The van der Waals surface area contributed by atoms with Crippen LogP contribution in [0.25, 0.3) is 0 Å². The molecule has 2 aliphatic rings. The van der Waals surface area contributed by atoms with Gasteiger partial charge in [0.2, 0.25) is 0 Å². The van der Waals surface area contributed by atoms with Gasteiger partial charge < -0.3 is 15.1 Å². The van der Waals surface area contributed by atoms with Crippen LogP contribution in [-0.2, 0) is 0 Å². The first-order chi connectivity index (χ1) is 8.75. The monoisotopic (exact) mass is 253 g/mol. The molecule has 1 N–H and O–H groups in total. The van der Waals surface area contributed by atoms with E-state index in [-0.39, 0.29) is 0 Å². The molecule has 0 saturated carbocycles. The van der Waals surface area contributed by atoms with Crippen molar-refractivity contribution in [3.63, 3.8) is 0 Å². The molecule has 0 aromatic heterocycles. The molecule has 18 heavy (non-hydrogen) atoms. The summed E-state index contributed by atoms with van der Waals surface area (Å²) < 4.78 is 0. The zero-order valence-electron chi connectivity index (χ0n) is 12.3. The smallest absolute Gasteiger partial charge is 0.0107 e. The minimum Gasteiger partial charge on any atom is -0.313 e. The molecule has 2 fully saturated rings. The van der Waals surface area contributed by atoms with Crippen LogP contribution in [0.1, 0.15) is 46.0 Å². The van der Waals surface area contributed by atoms with Crippen LogP contribution < -0.4 is 5.32 Å². The Labute approximate surface area is 113 Å². The summed E-state index contributed by atoms with van der Waals surface area (Å²) in [6, 6.07) is 1.49. The maximum absolute atomic E-state index is 3.76. The summed E-state index contributed by atoms with van der Waals surface area (Å²) in [5, 5.41) is 3.76. The van der Waals surface area contributed by atoms with Crippen molar-refractivity contribution in [1.29, 1.82) is 0 Å². The van der Waals surface area contributed by atoms with E-state index in [0.29, 0.717) is 0 Å². The molecule has 0 aromatic carbocycles. The summed E-state index contributed by atoms with van der Waals surface area (Å²) in [6.45, 7) is 12.3. The number of hydrogen-bond acceptors (Lipinski definition) is 3. The van der Waals surface area contributed by atoms with Crippen LogP contribution in [0.3, 0.4) is 0 Å². The second-order valence-electron chi connectivity index (χ2n) is 6.26. The minimum absolute atomic E-state index is 0.722. The Morgan fingerprint density at radius 1 is 1.00 bits per heavy atom. The molecule has 0 bridgehead atoms. The van der Waals surface area contributed by atoms with Gasteiger partial charge in [-0.15, -0.1) is 0 Å². The van der Waals surface area contributed by atoms with Gasteiger partial charge >= 0.3 is 0 Å². The Morgan fingerprint density at radius 2 is 1.67 bits per heavy atom. The predicted octanol–water partition coefficient (Wildman–Crippen LogP) is 1.93. The van der Waals surface area contributed by atoms with Gasteiger partial charge in [0, 0.05) is 25.2 Å². The fraction of sp³-hybridized carbons (Fsp3) is 1.00. The fourth-order valence-electron chi connectivity index (χ4n) is 3.23. The van der Waals surface area contributed by atoms with Gasteiger partial charge in [-0.1, -0.05) is 6.42 Å². The Balaban J connectivity index is 1.55. The molecule has 2 saturated heterocycles. The molecule has 0 amide bonds. The SMILES string of the molecule is CC(C)N1CCC(NCCN2CCCCC2)CC1. The summed E-state index contributed by atoms with van der Waals surface area (Å²) in [5.41, 5.74) is 0. The second kappa shape index (κ2) is 7.46. The van der Waals surface area contributed by atoms with Gasteiger partial charge in [-0.25, -0.2) is 0 Å². The highest BCUT2D eigenvalue weighted by Gasteiger charge is 2.20. The first-order valence-corrected chi connectivity index (χ1v) is 7.95. The largest absolute Gasteiger partial charge is 0.313 e. The van der Waals surface area contributed by atoms with Crippen molar-refractivity contribution in [2.45, 2.75) is 58.0 Å². The third-order valence-electron chi connectivity index (χ3n) is 4.57. The van der Waals surface area contributed by atoms with Crippen molar-refractivity contribution in [3.05, 3.63) is 0 Å². The van der Waals surface area contributed by atoms with Crippen LogP contribution in [0.5, 0.6) is 0 Å². The average Bonchev–Trinajstić information content (AvgIpc) is 2.40. The fourth-order valence-corrected chi connectivity index (χ4v) is 3.23. The number of hydrogen-bond donors (Lipinski definition) is 1. The molecule has 0 atom stereocenters. The highest BCUT2D eigenvalue weighted by Crippen LogP contribution is 2.13. The third kappa shape index (κ3) is 4.52. The molecule has 0 unspecified atom stereocenters. The molecule has 2 heterocycles. The Kier molecular flexibility index (Phi) is 5.93. The van der Waals surface area contributed by atoms with Crippen molar-refractivity contribution in [3.8, 4) is 0 Å². The molecule has 0 spiro atoms. The molecular weight excluding hydrogens is 222 g/mol. The van der Waals surface area contributed by atoms with Crippen molar-refractivity contribution >= 4 is 0 Å². The van der Waals surface area contributed by atoms with Gasteiger partial charge in [-0.3, -0.25) is 0 Å². The zero-order chi connectivity index (χ0) is 12.8. The highest BCUT2D eigenvalue weighted by molar-refractivity contribution is 4.79. The van der Waals surface area contributed by atoms with E-state index < -0.39 is 0 Å². The lowest BCUT2D eigenvalue weighted by atomic mass is 10.0. The topological polar surface area (TPSA) is 18.5 Å². The average molecular weight is 253 g/mol. The highest BCUT2D eigenvalue weighted by atomic mass is 15.2. The van der Waals surface area contributed by atoms with Gasteiger partial charge in [0.05, 0.1) is 0 Å². The molecule has 106 valence electrons. The molecule has 0 aromatic rings. The van der Waals surface area contributed by atoms with Crippen molar-refractivity contribution < 1.29 is 0 Å². The number of rotatable bonds is 5. The number of likely N-dealkylation sites (tertiary alicyclic amines) is 2. The third-order valence-corrected chi connectivity index (χ3v) is 4.57. The number of piperidine rings is 2. The second-order valence-corrected chi connectivity index (χ2v) is 6.26. The van der Waals surface area contributed by atoms with E-state index in [9.17, 15) is 0 Å². The van der Waals surface area contributed by atoms with Gasteiger partial charge in [-0.05, 0) is 65.7 Å². The molecule has 2 aliphatic heterocycles. The molecule has 0 radical (unpaired) electrons. The van der Waals surface area contributed by atoms with Gasteiger partial charge in [0.25, 0.3) is 0 Å². The van der Waals surface area contributed by atoms with Crippen LogP contribution in [0.15, 0.2) is 0 Å². The summed E-state index contributed by atoms with van der Waals surface area (Å²) in [7, 11) is 0. The number of nitrogens with zero attached hydrogens (tertiary/aromatic N) is 2. The molecule has 3 heteroatoms. The van der Waals surface area contributed by atoms with Crippen LogP contribution in [0, 0.1) is 0 Å². The molecule has 2 rings (SSSR count). The number of nitrogens with one attached hydrogen (secondary N) is 1. The molecular formula is C15H31N3. The summed E-state index contributed by atoms with van der Waals surface area (Å²) in [6.07, 6.45) is 6.92. The van der Waals surface area contributed by atoms with Crippen LogP contribution in [0.4, 0.5) is 0 Å². The quantitative estimate of drug-likeness (QED) is 0.808. The normalized spacial score (nSPS) is 24.8. The summed E-state index contributed by atoms with van der Waals surface area (Å²) in [5.74, 6) is 0. The van der Waals surface area contributed by atoms with E-state index in [0.717, 1.165) is 12.1 Å².